The second kappa shape index (κ2) is 12.2. The fourth-order valence-electron chi connectivity index (χ4n) is 4.07. The predicted octanol–water partition coefficient (Wildman–Crippen LogP) is 6.85. The highest BCUT2D eigenvalue weighted by Crippen LogP contribution is 2.30. The van der Waals surface area contributed by atoms with Crippen LogP contribution in [0.1, 0.15) is 46.0 Å². The predicted molar refractivity (Wildman–Crippen MR) is 144 cm³/mol. The standard InChI is InChI=1S/C27H31N3O3S2/c1-3-33-22-14-12-19(13-15-22)24-17-34-27(29-24)30-25(31)18(2)35-23-11-7-10-21(16-23)28-26(32)20-8-5-4-6-9-20/h7,10-18,20H,3-6,8-9H2,1-2H3,(H,28,32)(H,29,30,31). The van der Waals surface area contributed by atoms with E-state index >= 15 is 0 Å². The van der Waals surface area contributed by atoms with Crippen LogP contribution >= 0.6 is 23.1 Å². The van der Waals surface area contributed by atoms with Crippen LogP contribution in [0.3, 0.4) is 0 Å². The third-order valence-corrected chi connectivity index (χ3v) is 7.81. The second-order valence-corrected chi connectivity index (χ2v) is 10.9. The van der Waals surface area contributed by atoms with Crippen LogP contribution in [0.15, 0.2) is 58.8 Å². The molecule has 3 aromatic rings. The number of ether oxygens (including phenoxy) is 1. The fraction of sp³-hybridized carbons (Fsp3) is 0.370. The smallest absolute Gasteiger partial charge is 0.239 e. The van der Waals surface area contributed by atoms with E-state index in [-0.39, 0.29) is 23.0 Å². The number of anilines is 2. The van der Waals surface area contributed by atoms with Gasteiger partial charge in [-0.2, -0.15) is 0 Å². The van der Waals surface area contributed by atoms with Gasteiger partial charge in [0.2, 0.25) is 11.8 Å². The Morgan fingerprint density at radius 2 is 1.89 bits per heavy atom. The molecule has 1 unspecified atom stereocenters. The average Bonchev–Trinajstić information content (AvgIpc) is 3.34. The molecular weight excluding hydrogens is 478 g/mol. The zero-order valence-electron chi connectivity index (χ0n) is 20.1. The Labute approximate surface area is 214 Å². The summed E-state index contributed by atoms with van der Waals surface area (Å²) >= 11 is 2.86. The number of carbonyl (C=O) groups excluding carboxylic acids is 2. The SMILES string of the molecule is CCOc1ccc(-c2csc(NC(=O)C(C)Sc3cccc(NC(=O)C4CCCCC4)c3)n2)cc1. The van der Waals surface area contributed by atoms with E-state index in [2.05, 4.69) is 15.6 Å². The van der Waals surface area contributed by atoms with E-state index in [4.69, 9.17) is 4.74 Å². The number of rotatable bonds is 9. The number of aromatic nitrogens is 1. The van der Waals surface area contributed by atoms with Crippen LogP contribution in [0, 0.1) is 5.92 Å². The molecule has 1 heterocycles. The molecule has 2 aromatic carbocycles. The van der Waals surface area contributed by atoms with Crippen LogP contribution in [0.4, 0.5) is 10.8 Å². The van der Waals surface area contributed by atoms with Crippen molar-refractivity contribution in [2.24, 2.45) is 5.92 Å². The van der Waals surface area contributed by atoms with E-state index in [1.54, 1.807) is 0 Å². The van der Waals surface area contributed by atoms with Crippen molar-refractivity contribution in [3.05, 3.63) is 53.9 Å². The molecule has 0 spiro atoms. The summed E-state index contributed by atoms with van der Waals surface area (Å²) in [4.78, 5) is 30.9. The van der Waals surface area contributed by atoms with E-state index in [1.165, 1.54) is 29.5 Å². The lowest BCUT2D eigenvalue weighted by molar-refractivity contribution is -0.120. The number of amides is 2. The number of hydrogen-bond donors (Lipinski definition) is 2. The molecular formula is C27H31N3O3S2. The van der Waals surface area contributed by atoms with Gasteiger partial charge in [-0.25, -0.2) is 4.98 Å². The molecule has 1 fully saturated rings. The molecule has 0 radical (unpaired) electrons. The summed E-state index contributed by atoms with van der Waals surface area (Å²) in [5, 5.41) is 8.16. The van der Waals surface area contributed by atoms with Gasteiger partial charge >= 0.3 is 0 Å². The van der Waals surface area contributed by atoms with Crippen LogP contribution in [-0.2, 0) is 9.59 Å². The molecule has 4 rings (SSSR count). The van der Waals surface area contributed by atoms with E-state index in [9.17, 15) is 9.59 Å². The first-order chi connectivity index (χ1) is 17.0. The first kappa shape index (κ1) is 25.3. The summed E-state index contributed by atoms with van der Waals surface area (Å²) in [5.74, 6) is 0.919. The first-order valence-electron chi connectivity index (χ1n) is 12.1. The third-order valence-electron chi connectivity index (χ3n) is 5.96. The van der Waals surface area contributed by atoms with Crippen LogP contribution in [-0.4, -0.2) is 28.7 Å². The molecule has 35 heavy (non-hydrogen) atoms. The van der Waals surface area contributed by atoms with Gasteiger partial charge in [-0.1, -0.05) is 25.3 Å². The van der Waals surface area contributed by atoms with Gasteiger partial charge in [-0.3, -0.25) is 9.59 Å². The summed E-state index contributed by atoms with van der Waals surface area (Å²) in [6.45, 7) is 4.45. The van der Waals surface area contributed by atoms with Gasteiger partial charge in [0, 0.05) is 27.4 Å². The minimum absolute atomic E-state index is 0.102. The second-order valence-electron chi connectivity index (χ2n) is 8.60. The summed E-state index contributed by atoms with van der Waals surface area (Å²) in [5.41, 5.74) is 2.56. The molecule has 0 aliphatic heterocycles. The molecule has 1 aliphatic rings. The van der Waals surface area contributed by atoms with Crippen molar-refractivity contribution >= 4 is 45.7 Å². The Kier molecular flexibility index (Phi) is 8.82. The maximum absolute atomic E-state index is 12.8. The lowest BCUT2D eigenvalue weighted by Gasteiger charge is -2.21. The zero-order chi connectivity index (χ0) is 24.6. The molecule has 6 nitrogen and oxygen atoms in total. The molecule has 0 saturated heterocycles. The molecule has 1 saturated carbocycles. The average molecular weight is 510 g/mol. The normalized spacial score (nSPS) is 14.8. The molecule has 8 heteroatoms. The van der Waals surface area contributed by atoms with Crippen molar-refractivity contribution in [1.29, 1.82) is 0 Å². The highest BCUT2D eigenvalue weighted by molar-refractivity contribution is 8.00. The summed E-state index contributed by atoms with van der Waals surface area (Å²) in [6.07, 6.45) is 5.41. The third kappa shape index (κ3) is 7.08. The molecule has 1 atom stereocenters. The van der Waals surface area contributed by atoms with Crippen LogP contribution in [0.25, 0.3) is 11.3 Å². The molecule has 1 aliphatic carbocycles. The molecule has 2 N–H and O–H groups in total. The van der Waals surface area contributed by atoms with Crippen LogP contribution < -0.4 is 15.4 Å². The number of thioether (sulfide) groups is 1. The van der Waals surface area contributed by atoms with E-state index in [1.807, 2.05) is 67.8 Å². The molecule has 0 bridgehead atoms. The highest BCUT2D eigenvalue weighted by atomic mass is 32.2. The van der Waals surface area contributed by atoms with Crippen molar-refractivity contribution in [1.82, 2.24) is 4.98 Å². The van der Waals surface area contributed by atoms with Gasteiger partial charge in [0.15, 0.2) is 5.13 Å². The van der Waals surface area contributed by atoms with Crippen molar-refractivity contribution < 1.29 is 14.3 Å². The van der Waals surface area contributed by atoms with Crippen molar-refractivity contribution in [2.45, 2.75) is 56.1 Å². The Balaban J connectivity index is 1.31. The van der Waals surface area contributed by atoms with E-state index < -0.39 is 0 Å². The lowest BCUT2D eigenvalue weighted by atomic mass is 9.88. The minimum atomic E-state index is -0.322. The lowest BCUT2D eigenvalue weighted by Crippen LogP contribution is -2.24. The Hall–Kier alpha value is -2.84. The van der Waals surface area contributed by atoms with Crippen LogP contribution in [0.5, 0.6) is 5.75 Å². The van der Waals surface area contributed by atoms with Gasteiger partial charge in [0.05, 0.1) is 17.6 Å². The highest BCUT2D eigenvalue weighted by Gasteiger charge is 2.21. The van der Waals surface area contributed by atoms with Gasteiger partial charge in [-0.05, 0) is 69.2 Å². The number of nitrogens with zero attached hydrogens (tertiary/aromatic N) is 1. The molecule has 184 valence electrons. The number of hydrogen-bond acceptors (Lipinski definition) is 6. The summed E-state index contributed by atoms with van der Waals surface area (Å²) in [7, 11) is 0. The maximum Gasteiger partial charge on any atom is 0.239 e. The summed E-state index contributed by atoms with van der Waals surface area (Å²) < 4.78 is 5.49. The van der Waals surface area contributed by atoms with Gasteiger partial charge in [0.1, 0.15) is 5.75 Å². The minimum Gasteiger partial charge on any atom is -0.494 e. The van der Waals surface area contributed by atoms with Gasteiger partial charge in [0.25, 0.3) is 0 Å². The van der Waals surface area contributed by atoms with Crippen LogP contribution in [0.2, 0.25) is 0 Å². The zero-order valence-corrected chi connectivity index (χ0v) is 21.7. The quantitative estimate of drug-likeness (QED) is 0.309. The first-order valence-corrected chi connectivity index (χ1v) is 13.8. The van der Waals surface area contributed by atoms with E-state index in [0.29, 0.717) is 11.7 Å². The van der Waals surface area contributed by atoms with Gasteiger partial charge < -0.3 is 15.4 Å². The van der Waals surface area contributed by atoms with E-state index in [0.717, 1.165) is 53.3 Å². The Morgan fingerprint density at radius 1 is 1.11 bits per heavy atom. The molecule has 2 amide bonds. The Bertz CT molecular complexity index is 1140. The molecule has 1 aromatic heterocycles. The van der Waals surface area contributed by atoms with Crippen molar-refractivity contribution in [2.75, 3.05) is 17.2 Å². The number of nitrogens with one attached hydrogen (secondary N) is 2. The van der Waals surface area contributed by atoms with Crippen molar-refractivity contribution in [3.63, 3.8) is 0 Å². The monoisotopic (exact) mass is 509 g/mol. The summed E-state index contributed by atoms with van der Waals surface area (Å²) in [6, 6.07) is 15.5. The number of thiazole rings is 1. The maximum atomic E-state index is 12.8. The fourth-order valence-corrected chi connectivity index (χ4v) is 5.72. The Morgan fingerprint density at radius 3 is 2.63 bits per heavy atom. The van der Waals surface area contributed by atoms with Gasteiger partial charge in [-0.15, -0.1) is 23.1 Å². The largest absolute Gasteiger partial charge is 0.494 e. The number of carbonyl (C=O) groups is 2. The number of benzene rings is 2. The topological polar surface area (TPSA) is 80.3 Å². The van der Waals surface area contributed by atoms with Crippen molar-refractivity contribution in [3.8, 4) is 17.0 Å².